The molecule has 1 N–H and O–H groups in total. The predicted octanol–water partition coefficient (Wildman–Crippen LogP) is 2.61. The molecular formula is C17H22N2O2S. The van der Waals surface area contributed by atoms with Gasteiger partial charge in [-0.05, 0) is 25.0 Å². The SMILES string of the molecule is Cc1[nH]c2ccccc2c1C1=CCN(CCS(C)(=O)=O)CC1. The summed E-state index contributed by atoms with van der Waals surface area (Å²) in [6, 6.07) is 8.38. The Morgan fingerprint density at radius 1 is 1.27 bits per heavy atom. The van der Waals surface area contributed by atoms with Gasteiger partial charge in [-0.2, -0.15) is 0 Å². The van der Waals surface area contributed by atoms with Gasteiger partial charge in [0.15, 0.2) is 0 Å². The van der Waals surface area contributed by atoms with Gasteiger partial charge in [0.05, 0.1) is 5.75 Å². The second kappa shape index (κ2) is 5.89. The molecule has 0 saturated heterocycles. The second-order valence-electron chi connectivity index (χ2n) is 6.08. The lowest BCUT2D eigenvalue weighted by molar-refractivity contribution is 0.319. The molecule has 1 aliphatic rings. The normalized spacial score (nSPS) is 16.9. The van der Waals surface area contributed by atoms with Gasteiger partial charge in [0.1, 0.15) is 9.84 Å². The van der Waals surface area contributed by atoms with Gasteiger partial charge in [-0.25, -0.2) is 8.42 Å². The highest BCUT2D eigenvalue weighted by molar-refractivity contribution is 7.90. The Kier molecular flexibility index (Phi) is 4.10. The number of nitrogens with zero attached hydrogens (tertiary/aromatic N) is 1. The zero-order chi connectivity index (χ0) is 15.7. The molecule has 0 spiro atoms. The lowest BCUT2D eigenvalue weighted by Gasteiger charge is -2.26. The van der Waals surface area contributed by atoms with Gasteiger partial charge < -0.3 is 4.98 Å². The molecule has 4 nitrogen and oxygen atoms in total. The molecule has 1 aromatic carbocycles. The third-order valence-electron chi connectivity index (χ3n) is 4.29. The predicted molar refractivity (Wildman–Crippen MR) is 91.8 cm³/mol. The topological polar surface area (TPSA) is 53.2 Å². The molecule has 0 fully saturated rings. The quantitative estimate of drug-likeness (QED) is 0.943. The zero-order valence-corrected chi connectivity index (χ0v) is 13.9. The number of aromatic amines is 1. The zero-order valence-electron chi connectivity index (χ0n) is 13.1. The van der Waals surface area contributed by atoms with E-state index in [2.05, 4.69) is 41.1 Å². The minimum Gasteiger partial charge on any atom is -0.358 e. The number of aromatic nitrogens is 1. The first-order valence-corrected chi connectivity index (χ1v) is 9.67. The highest BCUT2D eigenvalue weighted by Gasteiger charge is 2.18. The monoisotopic (exact) mass is 318 g/mol. The maximum absolute atomic E-state index is 11.3. The minimum atomic E-state index is -2.88. The van der Waals surface area contributed by atoms with E-state index in [-0.39, 0.29) is 5.75 Å². The summed E-state index contributed by atoms with van der Waals surface area (Å²) >= 11 is 0. The summed E-state index contributed by atoms with van der Waals surface area (Å²) in [5.74, 6) is 0.238. The van der Waals surface area contributed by atoms with Crippen LogP contribution in [-0.2, 0) is 9.84 Å². The maximum Gasteiger partial charge on any atom is 0.148 e. The van der Waals surface area contributed by atoms with Crippen LogP contribution in [0.25, 0.3) is 16.5 Å². The molecule has 0 radical (unpaired) electrons. The van der Waals surface area contributed by atoms with Crippen LogP contribution in [0.1, 0.15) is 17.7 Å². The van der Waals surface area contributed by atoms with Gasteiger partial charge >= 0.3 is 0 Å². The fraction of sp³-hybridized carbons (Fsp3) is 0.412. The van der Waals surface area contributed by atoms with E-state index in [0.717, 1.165) is 19.5 Å². The van der Waals surface area contributed by atoms with E-state index in [1.807, 2.05) is 6.07 Å². The largest absolute Gasteiger partial charge is 0.358 e. The molecule has 22 heavy (non-hydrogen) atoms. The fourth-order valence-electron chi connectivity index (χ4n) is 3.13. The molecule has 0 atom stereocenters. The summed E-state index contributed by atoms with van der Waals surface area (Å²) in [7, 11) is -2.88. The van der Waals surface area contributed by atoms with E-state index in [1.54, 1.807) is 0 Å². The molecule has 3 rings (SSSR count). The third-order valence-corrected chi connectivity index (χ3v) is 5.21. The van der Waals surface area contributed by atoms with Crippen molar-refractivity contribution in [1.82, 2.24) is 9.88 Å². The number of aryl methyl sites for hydroxylation is 1. The van der Waals surface area contributed by atoms with Crippen molar-refractivity contribution in [3.63, 3.8) is 0 Å². The summed E-state index contributed by atoms with van der Waals surface area (Å²) in [5.41, 5.74) is 5.07. The van der Waals surface area contributed by atoms with Crippen LogP contribution in [0.3, 0.4) is 0 Å². The first kappa shape index (κ1) is 15.3. The first-order valence-electron chi connectivity index (χ1n) is 7.61. The maximum atomic E-state index is 11.3. The van der Waals surface area contributed by atoms with Crippen LogP contribution in [0.15, 0.2) is 30.3 Å². The van der Waals surface area contributed by atoms with Crippen molar-refractivity contribution in [3.05, 3.63) is 41.6 Å². The number of para-hydroxylation sites is 1. The number of fused-ring (bicyclic) bond motifs is 1. The molecule has 2 heterocycles. The number of rotatable bonds is 4. The Bertz CT molecular complexity index is 818. The molecule has 5 heteroatoms. The van der Waals surface area contributed by atoms with Crippen LogP contribution in [-0.4, -0.2) is 49.9 Å². The Morgan fingerprint density at radius 2 is 2.05 bits per heavy atom. The van der Waals surface area contributed by atoms with Gasteiger partial charge in [-0.15, -0.1) is 0 Å². The number of sulfone groups is 1. The van der Waals surface area contributed by atoms with E-state index >= 15 is 0 Å². The number of nitrogens with one attached hydrogen (secondary N) is 1. The van der Waals surface area contributed by atoms with Gasteiger partial charge in [0.25, 0.3) is 0 Å². The van der Waals surface area contributed by atoms with E-state index in [1.165, 1.54) is 34.0 Å². The van der Waals surface area contributed by atoms with Crippen molar-refractivity contribution in [1.29, 1.82) is 0 Å². The van der Waals surface area contributed by atoms with Crippen molar-refractivity contribution in [2.24, 2.45) is 0 Å². The molecule has 1 aromatic heterocycles. The van der Waals surface area contributed by atoms with Crippen LogP contribution in [0.2, 0.25) is 0 Å². The first-order chi connectivity index (χ1) is 10.4. The van der Waals surface area contributed by atoms with Crippen molar-refractivity contribution in [2.45, 2.75) is 13.3 Å². The Morgan fingerprint density at radius 3 is 2.73 bits per heavy atom. The Labute approximate surface area is 131 Å². The molecule has 0 bridgehead atoms. The second-order valence-corrected chi connectivity index (χ2v) is 8.34. The van der Waals surface area contributed by atoms with Crippen LogP contribution >= 0.6 is 0 Å². The average Bonchev–Trinajstić information content (AvgIpc) is 2.81. The number of H-pyrrole nitrogens is 1. The lowest BCUT2D eigenvalue weighted by Crippen LogP contribution is -2.32. The molecular weight excluding hydrogens is 296 g/mol. The van der Waals surface area contributed by atoms with E-state index in [9.17, 15) is 8.42 Å². The standard InChI is InChI=1S/C17H22N2O2S/c1-13-17(15-5-3-4-6-16(15)18-13)14-7-9-19(10-8-14)11-12-22(2,20)21/h3-7,18H,8-12H2,1-2H3. The van der Waals surface area contributed by atoms with Gasteiger partial charge in [0, 0.05) is 48.1 Å². The molecule has 118 valence electrons. The highest BCUT2D eigenvalue weighted by atomic mass is 32.2. The molecule has 0 amide bonds. The highest BCUT2D eigenvalue weighted by Crippen LogP contribution is 2.31. The van der Waals surface area contributed by atoms with Crippen molar-refractivity contribution >= 4 is 26.3 Å². The third kappa shape index (κ3) is 3.25. The van der Waals surface area contributed by atoms with E-state index in [0.29, 0.717) is 6.54 Å². The number of hydrogen-bond donors (Lipinski definition) is 1. The number of benzene rings is 1. The van der Waals surface area contributed by atoms with E-state index in [4.69, 9.17) is 0 Å². The van der Waals surface area contributed by atoms with Crippen molar-refractivity contribution in [3.8, 4) is 0 Å². The summed E-state index contributed by atoms with van der Waals surface area (Å²) in [6.07, 6.45) is 4.51. The molecule has 0 unspecified atom stereocenters. The van der Waals surface area contributed by atoms with Gasteiger partial charge in [-0.3, -0.25) is 4.90 Å². The fourth-order valence-corrected chi connectivity index (χ4v) is 3.72. The van der Waals surface area contributed by atoms with Crippen LogP contribution in [0.5, 0.6) is 0 Å². The smallest absolute Gasteiger partial charge is 0.148 e. The van der Waals surface area contributed by atoms with E-state index < -0.39 is 9.84 Å². The Hall–Kier alpha value is -1.59. The Balaban J connectivity index is 1.79. The van der Waals surface area contributed by atoms with Crippen LogP contribution in [0, 0.1) is 6.92 Å². The summed E-state index contributed by atoms with van der Waals surface area (Å²) in [5, 5.41) is 1.27. The van der Waals surface area contributed by atoms with Gasteiger partial charge in [-0.1, -0.05) is 24.3 Å². The summed E-state index contributed by atoms with van der Waals surface area (Å²) in [4.78, 5) is 5.65. The molecule has 2 aromatic rings. The van der Waals surface area contributed by atoms with Gasteiger partial charge in [0.2, 0.25) is 0 Å². The average molecular weight is 318 g/mol. The van der Waals surface area contributed by atoms with Crippen molar-refractivity contribution < 1.29 is 8.42 Å². The summed E-state index contributed by atoms with van der Waals surface area (Å²) in [6.45, 7) is 4.48. The van der Waals surface area contributed by atoms with Crippen LogP contribution < -0.4 is 0 Å². The van der Waals surface area contributed by atoms with Crippen LogP contribution in [0.4, 0.5) is 0 Å². The molecule has 0 aliphatic carbocycles. The number of hydrogen-bond acceptors (Lipinski definition) is 3. The molecule has 0 saturated carbocycles. The molecule has 1 aliphatic heterocycles. The van der Waals surface area contributed by atoms with Crippen molar-refractivity contribution in [2.75, 3.05) is 31.6 Å². The lowest BCUT2D eigenvalue weighted by atomic mass is 9.97. The summed E-state index contributed by atoms with van der Waals surface area (Å²) < 4.78 is 22.5. The minimum absolute atomic E-state index is 0.238.